The van der Waals surface area contributed by atoms with Crippen LogP contribution in [0.3, 0.4) is 0 Å². The van der Waals surface area contributed by atoms with Crippen molar-refractivity contribution in [1.29, 1.82) is 0 Å². The molecule has 10 nitrogen and oxygen atoms in total. The third kappa shape index (κ3) is 10.5. The van der Waals surface area contributed by atoms with E-state index in [1.165, 1.54) is 12.1 Å². The standard InChI is InChI=1S/C30H31ClNO4PS.C21H19ClNO4PS/c1-20-11-14-27(15-12-20)38(34,35)32-24(5)28-19-25(31)13-16-29(28)36-37(33,26-9-7-6-8-10-26)30-22(3)17-21(2)18-23(30)4;1-15-8-11-19(12-9-15)29(25,26)23-16(2)20-14-17(22)10-13-21(20)27-28(23,24)18-6-4-3-5-7-18/h6-19,24,32H,1-5H3;3-14,16H,1-2H3/t24-,37+;16-,28-/m11/s1. The summed E-state index contributed by atoms with van der Waals surface area (Å²) >= 11 is 12.5. The van der Waals surface area contributed by atoms with Gasteiger partial charge in [-0.1, -0.05) is 113 Å². The van der Waals surface area contributed by atoms with Gasteiger partial charge in [0.2, 0.25) is 10.0 Å². The van der Waals surface area contributed by atoms with Crippen LogP contribution in [0.1, 0.15) is 64.9 Å². The van der Waals surface area contributed by atoms with Gasteiger partial charge in [0.1, 0.15) is 11.5 Å². The van der Waals surface area contributed by atoms with Gasteiger partial charge in [-0.3, -0.25) is 9.13 Å². The van der Waals surface area contributed by atoms with E-state index in [9.17, 15) is 26.0 Å². The number of fused-ring (bicyclic) bond motifs is 1. The number of hydrogen-bond donors (Lipinski definition) is 1. The highest BCUT2D eigenvalue weighted by atomic mass is 35.5. The first-order valence-electron chi connectivity index (χ1n) is 21.2. The Kier molecular flexibility index (Phi) is 14.8. The Hall–Kier alpha value is -5.00. The van der Waals surface area contributed by atoms with Gasteiger partial charge in [-0.05, 0) is 145 Å². The molecule has 67 heavy (non-hydrogen) atoms. The minimum absolute atomic E-state index is 0.0557. The maximum absolute atomic E-state index is 14.9. The first-order valence-corrected chi connectivity index (χ1v) is 28.1. The molecule has 8 rings (SSSR count). The van der Waals surface area contributed by atoms with E-state index in [4.69, 9.17) is 32.2 Å². The molecule has 348 valence electrons. The van der Waals surface area contributed by atoms with Gasteiger partial charge in [0.25, 0.3) is 10.0 Å². The number of hydrogen-bond acceptors (Lipinski definition) is 8. The SMILES string of the molecule is Cc1ccc(S(=O)(=O)N2[C@H](C)c3cc(Cl)ccc3O[P@]2(=O)c2ccccc2)cc1.Cc1ccc(S(=O)(=O)N[C@H](C)c2cc(Cl)ccc2O[P@@](=O)(c2ccccc2)c2c(C)cc(C)cc2C)cc1. The number of rotatable bonds is 11. The minimum atomic E-state index is -4.14. The topological polar surface area (TPSA) is 136 Å². The second-order valence-corrected chi connectivity index (χ2v) is 25.6. The largest absolute Gasteiger partial charge is 0.436 e. The average Bonchev–Trinajstić information content (AvgIpc) is 3.28. The van der Waals surface area contributed by atoms with Crippen molar-refractivity contribution >= 4 is 74.1 Å². The summed E-state index contributed by atoms with van der Waals surface area (Å²) in [6.45, 7) is 13.0. The van der Waals surface area contributed by atoms with E-state index in [1.54, 1.807) is 129 Å². The summed E-state index contributed by atoms with van der Waals surface area (Å²) in [5, 5.41) is 2.34. The van der Waals surface area contributed by atoms with Gasteiger partial charge in [0.05, 0.1) is 31.7 Å². The minimum Gasteiger partial charge on any atom is -0.436 e. The van der Waals surface area contributed by atoms with E-state index < -0.39 is 47.0 Å². The van der Waals surface area contributed by atoms with Crippen molar-refractivity contribution in [2.75, 3.05) is 0 Å². The van der Waals surface area contributed by atoms with Crippen LogP contribution in [-0.4, -0.2) is 20.9 Å². The van der Waals surface area contributed by atoms with Gasteiger partial charge in [0.15, 0.2) is 0 Å². The molecular formula is C51H50Cl2N2O8P2S2. The van der Waals surface area contributed by atoms with E-state index in [0.29, 0.717) is 48.6 Å². The van der Waals surface area contributed by atoms with Gasteiger partial charge in [-0.25, -0.2) is 21.6 Å². The molecule has 0 aliphatic carbocycles. The smallest absolute Gasteiger partial charge is 0.363 e. The summed E-state index contributed by atoms with van der Waals surface area (Å²) in [7, 11) is -15.6. The Morgan fingerprint density at radius 2 is 1.19 bits per heavy atom. The van der Waals surface area contributed by atoms with Gasteiger partial charge in [0, 0.05) is 27.2 Å². The molecule has 1 aliphatic heterocycles. The Balaban J connectivity index is 0.000000206. The van der Waals surface area contributed by atoms with E-state index in [1.807, 2.05) is 65.0 Å². The summed E-state index contributed by atoms with van der Waals surface area (Å²) in [6, 6.07) is 42.9. The van der Waals surface area contributed by atoms with Crippen LogP contribution in [-0.2, 0) is 29.2 Å². The fraction of sp³-hybridized carbons (Fsp3) is 0.176. The number of sulfonamides is 2. The lowest BCUT2D eigenvalue weighted by molar-refractivity contribution is 0.365. The molecule has 7 aromatic carbocycles. The molecule has 1 heterocycles. The Morgan fingerprint density at radius 3 is 1.78 bits per heavy atom. The van der Waals surface area contributed by atoms with Crippen molar-refractivity contribution in [3.05, 3.63) is 207 Å². The molecule has 0 radical (unpaired) electrons. The summed E-state index contributed by atoms with van der Waals surface area (Å²) in [5.74, 6) is 0.657. The molecule has 1 aliphatic rings. The van der Waals surface area contributed by atoms with E-state index >= 15 is 0 Å². The number of nitrogens with zero attached hydrogens (tertiary/aromatic N) is 1. The Labute approximate surface area is 404 Å². The third-order valence-electron chi connectivity index (χ3n) is 11.2. The van der Waals surface area contributed by atoms with Crippen LogP contribution >= 0.6 is 38.1 Å². The molecule has 16 heteroatoms. The summed E-state index contributed by atoms with van der Waals surface area (Å²) < 4.78 is 98.8. The quantitative estimate of drug-likeness (QED) is 0.127. The molecule has 0 saturated heterocycles. The molecular weight excluding hydrogens is 966 g/mol. The number of nitrogens with one attached hydrogen (secondary N) is 1. The first-order chi connectivity index (χ1) is 31.6. The Morgan fingerprint density at radius 1 is 0.672 bits per heavy atom. The fourth-order valence-electron chi connectivity index (χ4n) is 8.05. The van der Waals surface area contributed by atoms with Crippen LogP contribution in [0.15, 0.2) is 168 Å². The highest BCUT2D eigenvalue weighted by molar-refractivity contribution is 7.96. The Bertz CT molecular complexity index is 3250. The third-order valence-corrected chi connectivity index (χ3v) is 21.2. The molecule has 0 bridgehead atoms. The maximum atomic E-state index is 14.9. The monoisotopic (exact) mass is 1010 g/mol. The lowest BCUT2D eigenvalue weighted by Crippen LogP contribution is -2.39. The first kappa shape index (κ1) is 49.9. The second kappa shape index (κ2) is 19.9. The summed E-state index contributed by atoms with van der Waals surface area (Å²) in [4.78, 5) is 0.209. The summed E-state index contributed by atoms with van der Waals surface area (Å²) in [5.41, 5.74) is 5.71. The van der Waals surface area contributed by atoms with Crippen LogP contribution in [0, 0.1) is 34.6 Å². The second-order valence-electron chi connectivity index (χ2n) is 16.5. The highest BCUT2D eigenvalue weighted by Gasteiger charge is 2.51. The maximum Gasteiger partial charge on any atom is 0.363 e. The van der Waals surface area contributed by atoms with Crippen molar-refractivity contribution in [1.82, 2.24) is 8.80 Å². The van der Waals surface area contributed by atoms with Gasteiger partial charge < -0.3 is 9.05 Å². The summed E-state index contributed by atoms with van der Waals surface area (Å²) in [6.07, 6.45) is 0. The molecule has 4 atom stereocenters. The zero-order valence-corrected chi connectivity index (χ0v) is 42.8. The van der Waals surface area contributed by atoms with E-state index in [0.717, 1.165) is 31.9 Å². The van der Waals surface area contributed by atoms with Gasteiger partial charge in [-0.15, -0.1) is 4.08 Å². The van der Waals surface area contributed by atoms with Crippen LogP contribution in [0.25, 0.3) is 0 Å². The predicted molar refractivity (Wildman–Crippen MR) is 270 cm³/mol. The van der Waals surface area contributed by atoms with Crippen molar-refractivity contribution in [3.63, 3.8) is 0 Å². The van der Waals surface area contributed by atoms with Crippen LogP contribution in [0.5, 0.6) is 11.5 Å². The lowest BCUT2D eigenvalue weighted by Gasteiger charge is -2.39. The molecule has 0 spiro atoms. The average molecular weight is 1020 g/mol. The van der Waals surface area contributed by atoms with Crippen LogP contribution in [0.2, 0.25) is 10.0 Å². The number of benzene rings is 7. The van der Waals surface area contributed by atoms with Crippen molar-refractivity contribution in [2.45, 2.75) is 70.3 Å². The highest BCUT2D eigenvalue weighted by Crippen LogP contribution is 2.61. The van der Waals surface area contributed by atoms with Crippen molar-refractivity contribution in [3.8, 4) is 11.5 Å². The lowest BCUT2D eigenvalue weighted by atomic mass is 10.1. The molecule has 0 fully saturated rings. The molecule has 0 unspecified atom stereocenters. The van der Waals surface area contributed by atoms with E-state index in [-0.39, 0.29) is 9.79 Å². The molecule has 0 saturated carbocycles. The van der Waals surface area contributed by atoms with E-state index in [2.05, 4.69) is 4.72 Å². The normalized spacial score (nSPS) is 17.5. The van der Waals surface area contributed by atoms with Crippen molar-refractivity contribution in [2.24, 2.45) is 0 Å². The fourth-order valence-corrected chi connectivity index (χ4v) is 17.2. The van der Waals surface area contributed by atoms with Crippen LogP contribution < -0.4 is 29.7 Å². The zero-order valence-electron chi connectivity index (χ0n) is 37.8. The molecule has 0 aromatic heterocycles. The van der Waals surface area contributed by atoms with Crippen molar-refractivity contribution < 1.29 is 35.0 Å². The molecule has 7 aromatic rings. The van der Waals surface area contributed by atoms with Crippen LogP contribution in [0.4, 0.5) is 0 Å². The number of halogens is 2. The van der Waals surface area contributed by atoms with Gasteiger partial charge in [-0.2, -0.15) is 0 Å². The number of aryl methyl sites for hydroxylation is 5. The zero-order chi connectivity index (χ0) is 48.5. The molecule has 1 N–H and O–H groups in total. The molecule has 0 amide bonds. The van der Waals surface area contributed by atoms with Gasteiger partial charge >= 0.3 is 14.9 Å². The predicted octanol–water partition coefficient (Wildman–Crippen LogP) is 12.2.